The lowest BCUT2D eigenvalue weighted by atomic mass is 10.1. The molecular weight excluding hydrogens is 323 g/mol. The van der Waals surface area contributed by atoms with Gasteiger partial charge >= 0.3 is 5.97 Å². The van der Waals surface area contributed by atoms with Gasteiger partial charge in [0.15, 0.2) is 0 Å². The molecule has 128 valence electrons. The summed E-state index contributed by atoms with van der Waals surface area (Å²) in [5.41, 5.74) is 0.682. The second-order valence-corrected chi connectivity index (χ2v) is 7.78. The summed E-state index contributed by atoms with van der Waals surface area (Å²) in [7, 11) is -2.15. The first kappa shape index (κ1) is 17.8. The Morgan fingerprint density at radius 3 is 2.57 bits per heavy atom. The second kappa shape index (κ2) is 6.94. The largest absolute Gasteiger partial charge is 0.480 e. The number of carbonyl (C=O) groups is 1. The number of piperidine rings is 1. The molecule has 1 aromatic rings. The van der Waals surface area contributed by atoms with Crippen LogP contribution in [0.25, 0.3) is 0 Å². The highest BCUT2D eigenvalue weighted by Crippen LogP contribution is 2.25. The summed E-state index contributed by atoms with van der Waals surface area (Å²) in [6.45, 7) is 2.14. The van der Waals surface area contributed by atoms with Crippen molar-refractivity contribution >= 4 is 16.0 Å². The van der Waals surface area contributed by atoms with Crippen molar-refractivity contribution in [2.45, 2.75) is 30.7 Å². The minimum Gasteiger partial charge on any atom is -0.480 e. The Balaban J connectivity index is 2.10. The number of hydrogen-bond acceptors (Lipinski definition) is 4. The van der Waals surface area contributed by atoms with Gasteiger partial charge in [-0.3, -0.25) is 9.69 Å². The van der Waals surface area contributed by atoms with Gasteiger partial charge in [0.2, 0.25) is 10.0 Å². The quantitative estimate of drug-likeness (QED) is 0.871. The van der Waals surface area contributed by atoms with E-state index in [1.807, 2.05) is 0 Å². The number of carboxylic acid groups (broad SMARTS) is 1. The van der Waals surface area contributed by atoms with Crippen molar-refractivity contribution in [2.75, 3.05) is 26.7 Å². The predicted octanol–water partition coefficient (Wildman–Crippen LogP) is 1.30. The maximum absolute atomic E-state index is 13.9. The van der Waals surface area contributed by atoms with Gasteiger partial charge in [0.05, 0.1) is 6.54 Å². The number of nitrogens with zero attached hydrogens (tertiary/aromatic N) is 2. The van der Waals surface area contributed by atoms with E-state index in [1.54, 1.807) is 18.9 Å². The van der Waals surface area contributed by atoms with Gasteiger partial charge in [-0.15, -0.1) is 0 Å². The molecule has 0 aromatic heterocycles. The van der Waals surface area contributed by atoms with Crippen LogP contribution >= 0.6 is 0 Å². The minimum atomic E-state index is -3.86. The summed E-state index contributed by atoms with van der Waals surface area (Å²) in [5, 5.41) is 8.81. The molecule has 1 saturated heterocycles. The molecule has 0 bridgehead atoms. The van der Waals surface area contributed by atoms with Crippen molar-refractivity contribution in [1.82, 2.24) is 9.21 Å². The van der Waals surface area contributed by atoms with Crippen molar-refractivity contribution in [3.63, 3.8) is 0 Å². The average molecular weight is 344 g/mol. The highest BCUT2D eigenvalue weighted by atomic mass is 32.2. The second-order valence-electron chi connectivity index (χ2n) is 5.88. The zero-order valence-corrected chi connectivity index (χ0v) is 14.0. The summed E-state index contributed by atoms with van der Waals surface area (Å²) in [5.74, 6) is -1.66. The summed E-state index contributed by atoms with van der Waals surface area (Å²) >= 11 is 0. The Kier molecular flexibility index (Phi) is 5.38. The number of likely N-dealkylation sites (N-methyl/N-ethyl adjacent to an activating group) is 1. The van der Waals surface area contributed by atoms with Crippen LogP contribution in [0.3, 0.4) is 0 Å². The standard InChI is InChI=1S/C15H21FN2O4S/c1-11-3-4-13(16)14(9-11)23(21,22)18-7-5-12(6-8-18)17(2)10-15(19)20/h3-4,9,12H,5-8,10H2,1-2H3,(H,19,20). The van der Waals surface area contributed by atoms with E-state index in [0.29, 0.717) is 18.4 Å². The van der Waals surface area contributed by atoms with Gasteiger partial charge < -0.3 is 5.11 Å². The molecule has 1 heterocycles. The van der Waals surface area contributed by atoms with Crippen LogP contribution in [-0.2, 0) is 14.8 Å². The lowest BCUT2D eigenvalue weighted by Crippen LogP contribution is -2.46. The van der Waals surface area contributed by atoms with Crippen LogP contribution in [0.5, 0.6) is 0 Å². The summed E-state index contributed by atoms with van der Waals surface area (Å²) in [4.78, 5) is 12.2. The number of aliphatic carboxylic acids is 1. The van der Waals surface area contributed by atoms with Crippen molar-refractivity contribution in [2.24, 2.45) is 0 Å². The third-order valence-electron chi connectivity index (χ3n) is 4.14. The van der Waals surface area contributed by atoms with E-state index in [-0.39, 0.29) is 30.6 Å². The summed E-state index contributed by atoms with van der Waals surface area (Å²) < 4.78 is 40.3. The minimum absolute atomic E-state index is 0.0138. The molecule has 0 saturated carbocycles. The smallest absolute Gasteiger partial charge is 0.317 e. The van der Waals surface area contributed by atoms with E-state index in [4.69, 9.17) is 5.11 Å². The van der Waals surface area contributed by atoms with E-state index >= 15 is 0 Å². The number of sulfonamides is 1. The molecule has 0 atom stereocenters. The highest BCUT2D eigenvalue weighted by molar-refractivity contribution is 7.89. The van der Waals surface area contributed by atoms with E-state index in [2.05, 4.69) is 0 Å². The van der Waals surface area contributed by atoms with Gasteiger partial charge in [-0.2, -0.15) is 4.31 Å². The molecule has 0 amide bonds. The number of rotatable bonds is 5. The first-order valence-electron chi connectivity index (χ1n) is 7.40. The van der Waals surface area contributed by atoms with Gasteiger partial charge in [-0.1, -0.05) is 6.07 Å². The fraction of sp³-hybridized carbons (Fsp3) is 0.533. The maximum Gasteiger partial charge on any atom is 0.317 e. The van der Waals surface area contributed by atoms with Crippen LogP contribution in [0.4, 0.5) is 4.39 Å². The van der Waals surface area contributed by atoms with Crippen LogP contribution in [0.2, 0.25) is 0 Å². The molecule has 1 N–H and O–H groups in total. The third kappa shape index (κ3) is 4.07. The average Bonchev–Trinajstić information content (AvgIpc) is 2.49. The SMILES string of the molecule is Cc1ccc(F)c(S(=O)(=O)N2CCC(N(C)CC(=O)O)CC2)c1. The fourth-order valence-electron chi connectivity index (χ4n) is 2.81. The van der Waals surface area contributed by atoms with Crippen LogP contribution in [0.1, 0.15) is 18.4 Å². The summed E-state index contributed by atoms with van der Waals surface area (Å²) in [6.07, 6.45) is 1.05. The van der Waals surface area contributed by atoms with Gasteiger partial charge in [-0.25, -0.2) is 12.8 Å². The predicted molar refractivity (Wildman–Crippen MR) is 83.2 cm³/mol. The number of aryl methyl sites for hydroxylation is 1. The van der Waals surface area contributed by atoms with Gasteiger partial charge in [-0.05, 0) is 44.5 Å². The summed E-state index contributed by atoms with van der Waals surface area (Å²) in [6, 6.07) is 4.05. The molecule has 0 spiro atoms. The van der Waals surface area contributed by atoms with Gasteiger partial charge in [0, 0.05) is 19.1 Å². The molecule has 23 heavy (non-hydrogen) atoms. The van der Waals surface area contributed by atoms with Crippen LogP contribution in [0.15, 0.2) is 23.1 Å². The molecule has 1 aromatic carbocycles. The number of halogens is 1. The van der Waals surface area contributed by atoms with Crippen molar-refractivity contribution < 1.29 is 22.7 Å². The Hall–Kier alpha value is -1.51. The monoisotopic (exact) mass is 344 g/mol. The third-order valence-corrected chi connectivity index (χ3v) is 6.05. The van der Waals surface area contributed by atoms with E-state index < -0.39 is 21.8 Å². The molecule has 0 unspecified atom stereocenters. The Morgan fingerprint density at radius 1 is 1.39 bits per heavy atom. The molecule has 0 radical (unpaired) electrons. The lowest BCUT2D eigenvalue weighted by molar-refractivity contribution is -0.138. The van der Waals surface area contributed by atoms with E-state index in [9.17, 15) is 17.6 Å². The maximum atomic E-state index is 13.9. The normalized spacial score (nSPS) is 17.6. The number of carboxylic acids is 1. The van der Waals surface area contributed by atoms with Crippen molar-refractivity contribution in [3.05, 3.63) is 29.6 Å². The van der Waals surface area contributed by atoms with E-state index in [1.165, 1.54) is 16.4 Å². The molecule has 1 fully saturated rings. The zero-order chi connectivity index (χ0) is 17.2. The first-order valence-corrected chi connectivity index (χ1v) is 8.84. The zero-order valence-electron chi connectivity index (χ0n) is 13.2. The Morgan fingerprint density at radius 2 is 2.00 bits per heavy atom. The Labute approximate surface area is 135 Å². The molecule has 1 aliphatic rings. The topological polar surface area (TPSA) is 77.9 Å². The van der Waals surface area contributed by atoms with Gasteiger partial charge in [0.1, 0.15) is 10.7 Å². The van der Waals surface area contributed by atoms with Crippen LogP contribution < -0.4 is 0 Å². The number of benzene rings is 1. The van der Waals surface area contributed by atoms with Crippen molar-refractivity contribution in [1.29, 1.82) is 0 Å². The molecule has 0 aliphatic carbocycles. The lowest BCUT2D eigenvalue weighted by Gasteiger charge is -2.35. The molecule has 6 nitrogen and oxygen atoms in total. The first-order chi connectivity index (χ1) is 10.7. The number of hydrogen-bond donors (Lipinski definition) is 1. The highest BCUT2D eigenvalue weighted by Gasteiger charge is 2.32. The fourth-order valence-corrected chi connectivity index (χ4v) is 4.43. The molecule has 1 aliphatic heterocycles. The van der Waals surface area contributed by atoms with Crippen LogP contribution in [-0.4, -0.2) is 61.4 Å². The van der Waals surface area contributed by atoms with Crippen molar-refractivity contribution in [3.8, 4) is 0 Å². The van der Waals surface area contributed by atoms with Gasteiger partial charge in [0.25, 0.3) is 0 Å². The Bertz CT molecular complexity index is 685. The van der Waals surface area contributed by atoms with Crippen LogP contribution in [0, 0.1) is 12.7 Å². The molecular formula is C15H21FN2O4S. The van der Waals surface area contributed by atoms with E-state index in [0.717, 1.165) is 6.07 Å². The molecule has 8 heteroatoms. The molecule has 2 rings (SSSR count).